The van der Waals surface area contributed by atoms with Crippen LogP contribution in [0.4, 0.5) is 4.39 Å². The summed E-state index contributed by atoms with van der Waals surface area (Å²) < 4.78 is 37.5. The third kappa shape index (κ3) is 1.74. The molecule has 2 heterocycles. The number of hydrogen-bond acceptors (Lipinski definition) is 3. The Kier molecular flexibility index (Phi) is 2.34. The van der Waals surface area contributed by atoms with E-state index in [-0.39, 0.29) is 11.5 Å². The van der Waals surface area contributed by atoms with Gasteiger partial charge in [-0.3, -0.25) is 4.57 Å². The first-order chi connectivity index (χ1) is 8.46. The lowest BCUT2D eigenvalue weighted by Crippen LogP contribution is -2.23. The third-order valence-corrected chi connectivity index (χ3v) is 5.00. The number of nitrogens with one attached hydrogen (secondary N) is 1. The van der Waals surface area contributed by atoms with Crippen LogP contribution in [0.2, 0.25) is 0 Å². The number of hydrogen-bond donors (Lipinski definition) is 1. The second-order valence-corrected chi connectivity index (χ2v) is 6.75. The molecule has 0 radical (unpaired) electrons. The highest BCUT2D eigenvalue weighted by Crippen LogP contribution is 2.25. The smallest absolute Gasteiger partial charge is 0.306 e. The quantitative estimate of drug-likeness (QED) is 0.834. The van der Waals surface area contributed by atoms with E-state index >= 15 is 0 Å². The molecule has 7 heteroatoms. The van der Waals surface area contributed by atoms with Crippen molar-refractivity contribution in [2.24, 2.45) is 0 Å². The minimum absolute atomic E-state index is 0.0592. The predicted octanol–water partition coefficient (Wildman–Crippen LogP) is 0.828. The Balaban J connectivity index is 2.20. The average molecular weight is 270 g/mol. The molecule has 1 aliphatic rings. The summed E-state index contributed by atoms with van der Waals surface area (Å²) in [7, 11) is -3.08. The van der Waals surface area contributed by atoms with Gasteiger partial charge < -0.3 is 4.98 Å². The summed E-state index contributed by atoms with van der Waals surface area (Å²) in [6.45, 7) is 0. The van der Waals surface area contributed by atoms with Crippen LogP contribution in [-0.2, 0) is 9.84 Å². The van der Waals surface area contributed by atoms with E-state index < -0.39 is 27.4 Å². The van der Waals surface area contributed by atoms with Gasteiger partial charge in [-0.1, -0.05) is 0 Å². The van der Waals surface area contributed by atoms with Gasteiger partial charge in [-0.15, -0.1) is 0 Å². The van der Waals surface area contributed by atoms with Crippen LogP contribution in [-0.4, -0.2) is 29.5 Å². The van der Waals surface area contributed by atoms with Crippen LogP contribution >= 0.6 is 0 Å². The zero-order chi connectivity index (χ0) is 12.9. The van der Waals surface area contributed by atoms with E-state index in [1.54, 1.807) is 0 Å². The summed E-state index contributed by atoms with van der Waals surface area (Å²) in [5.74, 6) is -0.432. The van der Waals surface area contributed by atoms with Crippen LogP contribution in [0.25, 0.3) is 11.0 Å². The molecule has 1 unspecified atom stereocenters. The Morgan fingerprint density at radius 1 is 1.39 bits per heavy atom. The molecule has 1 aromatic heterocycles. The first kappa shape index (κ1) is 11.5. The SMILES string of the molecule is O=c1[nH]c2ccc(F)cc2n1C1CCS(=O)(=O)C1. The Hall–Kier alpha value is -1.63. The maximum absolute atomic E-state index is 13.2. The zero-order valence-corrected chi connectivity index (χ0v) is 10.2. The van der Waals surface area contributed by atoms with Crippen molar-refractivity contribution < 1.29 is 12.8 Å². The first-order valence-corrected chi connectivity index (χ1v) is 7.39. The molecule has 0 amide bonds. The van der Waals surface area contributed by atoms with Gasteiger partial charge in [0, 0.05) is 0 Å². The van der Waals surface area contributed by atoms with Gasteiger partial charge in [-0.2, -0.15) is 0 Å². The molecule has 2 aromatic rings. The van der Waals surface area contributed by atoms with Gasteiger partial charge in [0.25, 0.3) is 0 Å². The van der Waals surface area contributed by atoms with Gasteiger partial charge in [0.1, 0.15) is 5.82 Å². The van der Waals surface area contributed by atoms with Crippen LogP contribution in [0.5, 0.6) is 0 Å². The number of imidazole rings is 1. The van der Waals surface area contributed by atoms with Gasteiger partial charge in [0.2, 0.25) is 0 Å². The Morgan fingerprint density at radius 3 is 2.83 bits per heavy atom. The second kappa shape index (κ2) is 3.68. The fourth-order valence-corrected chi connectivity index (χ4v) is 4.14. The molecule has 96 valence electrons. The molecule has 18 heavy (non-hydrogen) atoms. The summed E-state index contributed by atoms with van der Waals surface area (Å²) in [5, 5.41) is 0. The molecule has 1 aromatic carbocycles. The van der Waals surface area contributed by atoms with Crippen LogP contribution in [0, 0.1) is 5.82 Å². The number of aromatic amines is 1. The molecule has 0 spiro atoms. The van der Waals surface area contributed by atoms with Crippen molar-refractivity contribution in [1.29, 1.82) is 0 Å². The fourth-order valence-electron chi connectivity index (χ4n) is 2.44. The maximum Gasteiger partial charge on any atom is 0.326 e. The summed E-state index contributed by atoms with van der Waals surface area (Å²) >= 11 is 0. The number of H-pyrrole nitrogens is 1. The van der Waals surface area contributed by atoms with Crippen LogP contribution < -0.4 is 5.69 Å². The molecule has 1 fully saturated rings. The molecule has 1 N–H and O–H groups in total. The number of rotatable bonds is 1. The molecule has 5 nitrogen and oxygen atoms in total. The highest BCUT2D eigenvalue weighted by molar-refractivity contribution is 7.91. The van der Waals surface area contributed by atoms with E-state index in [4.69, 9.17) is 0 Å². The standard InChI is InChI=1S/C11H11FN2O3S/c12-7-1-2-9-10(5-7)14(11(15)13-9)8-3-4-18(16,17)6-8/h1-2,5,8H,3-4,6H2,(H,13,15). The van der Waals surface area contributed by atoms with Crippen molar-refractivity contribution >= 4 is 20.9 Å². The Bertz CT molecular complexity index is 775. The van der Waals surface area contributed by atoms with E-state index in [2.05, 4.69) is 4.98 Å². The van der Waals surface area contributed by atoms with Gasteiger partial charge in [0.15, 0.2) is 9.84 Å². The summed E-state index contributed by atoms with van der Waals surface area (Å²) in [6, 6.07) is 3.58. The number of aromatic nitrogens is 2. The Morgan fingerprint density at radius 2 is 2.17 bits per heavy atom. The number of nitrogens with zero attached hydrogens (tertiary/aromatic N) is 1. The minimum Gasteiger partial charge on any atom is -0.306 e. The predicted molar refractivity (Wildman–Crippen MR) is 64.8 cm³/mol. The van der Waals surface area contributed by atoms with Crippen molar-refractivity contribution in [1.82, 2.24) is 9.55 Å². The number of fused-ring (bicyclic) bond motifs is 1. The van der Waals surface area contributed by atoms with Gasteiger partial charge in [-0.05, 0) is 24.6 Å². The molecule has 1 aliphatic heterocycles. The highest BCUT2D eigenvalue weighted by atomic mass is 32.2. The number of benzene rings is 1. The lowest BCUT2D eigenvalue weighted by atomic mass is 10.2. The van der Waals surface area contributed by atoms with Gasteiger partial charge in [0.05, 0.1) is 28.6 Å². The van der Waals surface area contributed by atoms with Crippen molar-refractivity contribution in [3.05, 3.63) is 34.5 Å². The van der Waals surface area contributed by atoms with Crippen LogP contribution in [0.15, 0.2) is 23.0 Å². The summed E-state index contributed by atoms with van der Waals surface area (Å²) in [5.41, 5.74) is 0.547. The van der Waals surface area contributed by atoms with E-state index in [9.17, 15) is 17.6 Å². The Labute approximate surface area is 102 Å². The van der Waals surface area contributed by atoms with Gasteiger partial charge in [-0.25, -0.2) is 17.6 Å². The normalized spacial score (nSPS) is 22.6. The summed E-state index contributed by atoms with van der Waals surface area (Å²) in [6.07, 6.45) is 0.395. The van der Waals surface area contributed by atoms with E-state index in [0.29, 0.717) is 17.5 Å². The highest BCUT2D eigenvalue weighted by Gasteiger charge is 2.31. The van der Waals surface area contributed by atoms with Crippen molar-refractivity contribution in [3.63, 3.8) is 0 Å². The van der Waals surface area contributed by atoms with Crippen molar-refractivity contribution in [2.75, 3.05) is 11.5 Å². The molecule has 1 saturated heterocycles. The second-order valence-electron chi connectivity index (χ2n) is 4.52. The third-order valence-electron chi connectivity index (χ3n) is 3.25. The monoisotopic (exact) mass is 270 g/mol. The lowest BCUT2D eigenvalue weighted by molar-refractivity contribution is 0.552. The molecular weight excluding hydrogens is 259 g/mol. The summed E-state index contributed by atoms with van der Waals surface area (Å²) in [4.78, 5) is 14.4. The van der Waals surface area contributed by atoms with Gasteiger partial charge >= 0.3 is 5.69 Å². The first-order valence-electron chi connectivity index (χ1n) is 5.56. The van der Waals surface area contributed by atoms with E-state index in [1.165, 1.54) is 22.8 Å². The fraction of sp³-hybridized carbons (Fsp3) is 0.364. The average Bonchev–Trinajstić information content (AvgIpc) is 2.77. The van der Waals surface area contributed by atoms with Crippen molar-refractivity contribution in [3.8, 4) is 0 Å². The van der Waals surface area contributed by atoms with Crippen LogP contribution in [0.1, 0.15) is 12.5 Å². The van der Waals surface area contributed by atoms with Crippen LogP contribution in [0.3, 0.4) is 0 Å². The van der Waals surface area contributed by atoms with Crippen molar-refractivity contribution in [2.45, 2.75) is 12.5 Å². The molecule has 1 atom stereocenters. The molecule has 0 saturated carbocycles. The molecule has 0 bridgehead atoms. The zero-order valence-electron chi connectivity index (χ0n) is 9.39. The molecular formula is C11H11FN2O3S. The number of halogens is 1. The molecule has 3 rings (SSSR count). The number of sulfone groups is 1. The van der Waals surface area contributed by atoms with E-state index in [0.717, 1.165) is 0 Å². The minimum atomic E-state index is -3.08. The molecule has 0 aliphatic carbocycles. The topological polar surface area (TPSA) is 71.9 Å². The van der Waals surface area contributed by atoms with E-state index in [1.807, 2.05) is 0 Å². The largest absolute Gasteiger partial charge is 0.326 e. The maximum atomic E-state index is 13.2. The lowest BCUT2D eigenvalue weighted by Gasteiger charge is -2.09.